The Hall–Kier alpha value is -3.39. The Labute approximate surface area is 200 Å². The van der Waals surface area contributed by atoms with Crippen molar-refractivity contribution in [3.63, 3.8) is 0 Å². The fourth-order valence-electron chi connectivity index (χ4n) is 4.69. The zero-order valence-electron chi connectivity index (χ0n) is 20.2. The van der Waals surface area contributed by atoms with Gasteiger partial charge >= 0.3 is 6.03 Å². The second-order valence-corrected chi connectivity index (χ2v) is 9.12. The summed E-state index contributed by atoms with van der Waals surface area (Å²) in [4.78, 5) is 29.3. The molecule has 4 rings (SSSR count). The summed E-state index contributed by atoms with van der Waals surface area (Å²) in [6.45, 7) is 6.85. The van der Waals surface area contributed by atoms with Crippen LogP contribution in [0.3, 0.4) is 0 Å². The van der Waals surface area contributed by atoms with Crippen LogP contribution in [0, 0.1) is 11.8 Å². The quantitative estimate of drug-likeness (QED) is 0.602. The average Bonchev–Trinajstić information content (AvgIpc) is 3.29. The molecule has 0 fully saturated rings. The van der Waals surface area contributed by atoms with Crippen LogP contribution >= 0.6 is 0 Å². The van der Waals surface area contributed by atoms with Gasteiger partial charge in [0.15, 0.2) is 5.82 Å². The highest BCUT2D eigenvalue weighted by atomic mass is 16.5. The molecular weight excluding hydrogens is 430 g/mol. The van der Waals surface area contributed by atoms with Gasteiger partial charge in [0, 0.05) is 43.2 Å². The van der Waals surface area contributed by atoms with E-state index >= 15 is 0 Å². The van der Waals surface area contributed by atoms with Crippen molar-refractivity contribution in [3.05, 3.63) is 71.5 Å². The van der Waals surface area contributed by atoms with Crippen LogP contribution in [0.2, 0.25) is 0 Å². The summed E-state index contributed by atoms with van der Waals surface area (Å²) in [6.07, 6.45) is 17.3. The van der Waals surface area contributed by atoms with Crippen LogP contribution in [0.5, 0.6) is 0 Å². The van der Waals surface area contributed by atoms with Crippen molar-refractivity contribution in [2.45, 2.75) is 52.4 Å². The van der Waals surface area contributed by atoms with E-state index in [1.165, 1.54) is 0 Å². The Morgan fingerprint density at radius 3 is 2.74 bits per heavy atom. The van der Waals surface area contributed by atoms with Crippen LogP contribution in [-0.4, -0.2) is 40.7 Å². The van der Waals surface area contributed by atoms with Gasteiger partial charge in [-0.3, -0.25) is 4.79 Å². The molecular formula is C26H33N5O3. The number of urea groups is 1. The van der Waals surface area contributed by atoms with Gasteiger partial charge in [-0.05, 0) is 51.2 Å². The minimum atomic E-state index is -0.278. The molecule has 0 saturated carbocycles. The van der Waals surface area contributed by atoms with Crippen LogP contribution in [0.4, 0.5) is 4.79 Å². The number of carbonyl (C=O) groups is 2. The molecule has 3 atom stereocenters. The van der Waals surface area contributed by atoms with Crippen molar-refractivity contribution in [1.29, 1.82) is 0 Å². The summed E-state index contributed by atoms with van der Waals surface area (Å²) < 4.78 is 7.86. The maximum atomic E-state index is 12.9. The number of ether oxygens (including phenoxy) is 1. The first-order valence-corrected chi connectivity index (χ1v) is 11.8. The molecule has 0 saturated heterocycles. The molecule has 2 aliphatic carbocycles. The number of hydrogen-bond acceptors (Lipinski definition) is 4. The van der Waals surface area contributed by atoms with Crippen molar-refractivity contribution in [1.82, 2.24) is 25.5 Å². The molecule has 3 aliphatic rings. The van der Waals surface area contributed by atoms with E-state index in [0.29, 0.717) is 17.7 Å². The van der Waals surface area contributed by atoms with Crippen LogP contribution < -0.4 is 16.0 Å². The topological polar surface area (TPSA) is 97.3 Å². The zero-order chi connectivity index (χ0) is 24.2. The average molecular weight is 464 g/mol. The molecule has 0 bridgehead atoms. The van der Waals surface area contributed by atoms with Crippen LogP contribution in [0.1, 0.15) is 39.4 Å². The number of aromatic nitrogens is 2. The first-order chi connectivity index (χ1) is 16.4. The van der Waals surface area contributed by atoms with Gasteiger partial charge in [0.25, 0.3) is 5.91 Å². The molecule has 1 aliphatic heterocycles. The zero-order valence-corrected chi connectivity index (χ0v) is 20.2. The third-order valence-electron chi connectivity index (χ3n) is 6.41. The number of allylic oxidation sites excluding steroid dienone is 4. The normalized spacial score (nSPS) is 23.9. The lowest BCUT2D eigenvalue weighted by Crippen LogP contribution is -2.36. The predicted octanol–water partition coefficient (Wildman–Crippen LogP) is 3.43. The largest absolute Gasteiger partial charge is 0.371 e. The summed E-state index contributed by atoms with van der Waals surface area (Å²) >= 11 is 0. The second-order valence-electron chi connectivity index (χ2n) is 9.12. The third-order valence-corrected chi connectivity index (χ3v) is 6.41. The standard InChI is InChI=1S/C26H33N5O3/c1-16(2)34-20-10-8-18(9-11-20)25(32)29-22-7-5-6-21(17(22)3)19-14-23(30-26(33)27-4)24-28-12-13-31(24)15-19/h5,7-10,12-14,16,19-21H,6,11,15H2,1-4H3,(H,29,32)(H2,27,30,33). The molecule has 8 nitrogen and oxygen atoms in total. The lowest BCUT2D eigenvalue weighted by Gasteiger charge is -2.32. The van der Waals surface area contributed by atoms with Crippen molar-refractivity contribution in [2.75, 3.05) is 7.05 Å². The molecule has 34 heavy (non-hydrogen) atoms. The fourth-order valence-corrected chi connectivity index (χ4v) is 4.69. The van der Waals surface area contributed by atoms with Crippen molar-refractivity contribution < 1.29 is 14.3 Å². The monoisotopic (exact) mass is 463 g/mol. The number of nitrogens with one attached hydrogen (secondary N) is 3. The van der Waals surface area contributed by atoms with Gasteiger partial charge in [-0.15, -0.1) is 0 Å². The number of imidazole rings is 1. The number of nitrogens with zero attached hydrogens (tertiary/aromatic N) is 2. The van der Waals surface area contributed by atoms with Crippen LogP contribution in [-0.2, 0) is 16.1 Å². The SMILES string of the molecule is CNC(=O)NC1=CC(C2CC=CC(NC(=O)C3=CCC(OC(C)C)C=C3)=C2C)Cn2ccnc21. The molecule has 3 N–H and O–H groups in total. The van der Waals surface area contributed by atoms with E-state index in [-0.39, 0.29) is 36.0 Å². The lowest BCUT2D eigenvalue weighted by molar-refractivity contribution is -0.116. The van der Waals surface area contributed by atoms with E-state index in [2.05, 4.69) is 44.6 Å². The Morgan fingerprint density at radius 1 is 1.21 bits per heavy atom. The molecule has 0 spiro atoms. The first kappa shape index (κ1) is 23.8. The van der Waals surface area contributed by atoms with E-state index < -0.39 is 0 Å². The summed E-state index contributed by atoms with van der Waals surface area (Å²) in [7, 11) is 1.59. The Kier molecular flexibility index (Phi) is 7.17. The molecule has 1 aromatic rings. The predicted molar refractivity (Wildman–Crippen MR) is 131 cm³/mol. The molecule has 2 heterocycles. The van der Waals surface area contributed by atoms with Gasteiger partial charge in [-0.2, -0.15) is 0 Å². The highest BCUT2D eigenvalue weighted by molar-refractivity contribution is 5.97. The number of hydrogen-bond donors (Lipinski definition) is 3. The van der Waals surface area contributed by atoms with Gasteiger partial charge in [0.1, 0.15) is 0 Å². The Bertz CT molecular complexity index is 1110. The van der Waals surface area contributed by atoms with E-state index in [9.17, 15) is 9.59 Å². The van der Waals surface area contributed by atoms with Gasteiger partial charge in [-0.25, -0.2) is 9.78 Å². The number of rotatable bonds is 6. The molecule has 0 radical (unpaired) electrons. The van der Waals surface area contributed by atoms with E-state index in [1.807, 2.05) is 44.3 Å². The highest BCUT2D eigenvalue weighted by Crippen LogP contribution is 2.36. The van der Waals surface area contributed by atoms with E-state index in [0.717, 1.165) is 30.1 Å². The maximum Gasteiger partial charge on any atom is 0.319 e. The molecule has 3 unspecified atom stereocenters. The summed E-state index contributed by atoms with van der Waals surface area (Å²) in [6, 6.07) is -0.278. The minimum absolute atomic E-state index is 0.0141. The Balaban J connectivity index is 1.49. The van der Waals surface area contributed by atoms with Crippen LogP contribution in [0.25, 0.3) is 5.70 Å². The number of amides is 3. The molecule has 1 aromatic heterocycles. The van der Waals surface area contributed by atoms with Crippen molar-refractivity contribution in [3.8, 4) is 0 Å². The maximum absolute atomic E-state index is 12.9. The minimum Gasteiger partial charge on any atom is -0.371 e. The van der Waals surface area contributed by atoms with E-state index in [1.54, 1.807) is 13.2 Å². The van der Waals surface area contributed by atoms with Gasteiger partial charge < -0.3 is 25.3 Å². The first-order valence-electron chi connectivity index (χ1n) is 11.8. The lowest BCUT2D eigenvalue weighted by atomic mass is 9.79. The van der Waals surface area contributed by atoms with Gasteiger partial charge in [0.05, 0.1) is 17.9 Å². The summed E-state index contributed by atoms with van der Waals surface area (Å²) in [5.74, 6) is 0.972. The molecule has 180 valence electrons. The second kappa shape index (κ2) is 10.3. The van der Waals surface area contributed by atoms with E-state index in [4.69, 9.17) is 4.74 Å². The Morgan fingerprint density at radius 2 is 2.03 bits per heavy atom. The highest BCUT2D eigenvalue weighted by Gasteiger charge is 2.30. The van der Waals surface area contributed by atoms with Crippen molar-refractivity contribution in [2.24, 2.45) is 11.8 Å². The summed E-state index contributed by atoms with van der Waals surface area (Å²) in [5, 5.41) is 8.59. The molecule has 3 amide bonds. The number of carbonyl (C=O) groups excluding carboxylic acids is 2. The van der Waals surface area contributed by atoms with Gasteiger partial charge in [0.2, 0.25) is 0 Å². The smallest absolute Gasteiger partial charge is 0.319 e. The molecule has 0 aromatic carbocycles. The summed E-state index contributed by atoms with van der Waals surface area (Å²) in [5.41, 5.74) is 3.31. The fraction of sp³-hybridized carbons (Fsp3) is 0.423. The van der Waals surface area contributed by atoms with Crippen LogP contribution in [0.15, 0.2) is 65.7 Å². The molecule has 8 heteroatoms. The third kappa shape index (κ3) is 5.22. The van der Waals surface area contributed by atoms with Gasteiger partial charge in [-0.1, -0.05) is 30.4 Å². The number of fused-ring (bicyclic) bond motifs is 1. The van der Waals surface area contributed by atoms with Crippen molar-refractivity contribution >= 4 is 17.6 Å².